The lowest BCUT2D eigenvalue weighted by Crippen LogP contribution is -2.51. The number of hydrogen-bond donors (Lipinski definition) is 3. The van der Waals surface area contributed by atoms with Crippen molar-refractivity contribution in [2.45, 2.75) is 31.7 Å². The van der Waals surface area contributed by atoms with E-state index >= 15 is 4.39 Å². The van der Waals surface area contributed by atoms with Gasteiger partial charge in [0, 0.05) is 39.5 Å². The Morgan fingerprint density at radius 3 is 2.57 bits per heavy atom. The summed E-state index contributed by atoms with van der Waals surface area (Å²) in [7, 11) is 0. The fourth-order valence-corrected chi connectivity index (χ4v) is 7.11. The van der Waals surface area contributed by atoms with Gasteiger partial charge in [0.25, 0.3) is 0 Å². The molecule has 4 aromatic heterocycles. The summed E-state index contributed by atoms with van der Waals surface area (Å²) in [4.78, 5) is 28.7. The van der Waals surface area contributed by atoms with E-state index in [2.05, 4.69) is 25.3 Å². The molecule has 9 rings (SSSR count). The van der Waals surface area contributed by atoms with Crippen LogP contribution >= 0.6 is 0 Å². The van der Waals surface area contributed by atoms with Crippen molar-refractivity contribution in [1.29, 1.82) is 0 Å². The van der Waals surface area contributed by atoms with Gasteiger partial charge < -0.3 is 19.8 Å². The molecule has 2 atom stereocenters. The van der Waals surface area contributed by atoms with Gasteiger partial charge in [0.1, 0.15) is 28.3 Å². The zero-order valence-electron chi connectivity index (χ0n) is 22.3. The third-order valence-electron chi connectivity index (χ3n) is 9.06. The molecule has 3 aliphatic rings. The molecule has 4 heterocycles. The number of aromatic nitrogens is 4. The number of carboxylic acid groups (broad SMARTS) is 1. The van der Waals surface area contributed by atoms with Crippen LogP contribution in [0.3, 0.4) is 0 Å². The molecule has 2 unspecified atom stereocenters. The number of furan rings is 1. The second-order valence-electron chi connectivity index (χ2n) is 11.3. The fraction of sp³-hybridized carbons (Fsp3) is 0.250. The number of carbonyl (C=O) groups is 1. The van der Waals surface area contributed by atoms with E-state index in [1.165, 1.54) is 6.07 Å². The van der Waals surface area contributed by atoms with Crippen molar-refractivity contribution in [2.24, 2.45) is 17.8 Å². The Morgan fingerprint density at radius 1 is 0.952 bits per heavy atom. The van der Waals surface area contributed by atoms with E-state index < -0.39 is 29.6 Å². The number of halogens is 2. The van der Waals surface area contributed by atoms with Crippen molar-refractivity contribution in [1.82, 2.24) is 19.9 Å². The van der Waals surface area contributed by atoms with Gasteiger partial charge in [-0.1, -0.05) is 30.3 Å². The number of anilines is 1. The lowest BCUT2D eigenvalue weighted by Gasteiger charge is -2.47. The van der Waals surface area contributed by atoms with Gasteiger partial charge in [0.2, 0.25) is 0 Å². The van der Waals surface area contributed by atoms with Crippen molar-refractivity contribution in [3.63, 3.8) is 0 Å². The molecule has 0 saturated heterocycles. The van der Waals surface area contributed by atoms with Crippen LogP contribution in [0, 0.1) is 29.4 Å². The topological polar surface area (TPSA) is 117 Å². The van der Waals surface area contributed by atoms with Gasteiger partial charge in [-0.2, -0.15) is 0 Å². The summed E-state index contributed by atoms with van der Waals surface area (Å²) < 4.78 is 37.0. The van der Waals surface area contributed by atoms with Gasteiger partial charge >= 0.3 is 5.97 Å². The SMILES string of the molecule is O=C(O)C1C2CCC(CC2)C1Nc1nc(-c2c[nH]c3ncc(F)cc23)nc(-c2cccc3c2oc2ccccc23)c1F. The second-order valence-corrected chi connectivity index (χ2v) is 11.3. The summed E-state index contributed by atoms with van der Waals surface area (Å²) in [6.45, 7) is 0. The first kappa shape index (κ1) is 24.9. The number of fused-ring (bicyclic) bond motifs is 7. The lowest BCUT2D eigenvalue weighted by atomic mass is 9.61. The van der Waals surface area contributed by atoms with Gasteiger partial charge in [0.15, 0.2) is 17.5 Å². The zero-order chi connectivity index (χ0) is 28.5. The molecule has 3 fully saturated rings. The van der Waals surface area contributed by atoms with Crippen LogP contribution in [-0.4, -0.2) is 37.1 Å². The van der Waals surface area contributed by atoms with E-state index in [4.69, 9.17) is 4.42 Å². The minimum atomic E-state index is -0.887. The summed E-state index contributed by atoms with van der Waals surface area (Å²) in [5.41, 5.74) is 2.44. The molecule has 3 saturated carbocycles. The normalized spacial score (nSPS) is 21.9. The molecule has 0 spiro atoms. The van der Waals surface area contributed by atoms with Crippen molar-refractivity contribution in [3.8, 4) is 22.6 Å². The number of para-hydroxylation sites is 2. The van der Waals surface area contributed by atoms with Crippen LogP contribution in [0.25, 0.3) is 55.6 Å². The summed E-state index contributed by atoms with van der Waals surface area (Å²) in [6.07, 6.45) is 6.19. The summed E-state index contributed by atoms with van der Waals surface area (Å²) in [5, 5.41) is 15.5. The minimum absolute atomic E-state index is 0.00119. The van der Waals surface area contributed by atoms with Crippen LogP contribution in [0.15, 0.2) is 65.3 Å². The molecule has 10 heteroatoms. The van der Waals surface area contributed by atoms with E-state index in [0.717, 1.165) is 42.7 Å². The molecule has 42 heavy (non-hydrogen) atoms. The molecular weight excluding hydrogens is 540 g/mol. The summed E-state index contributed by atoms with van der Waals surface area (Å²) in [5.74, 6) is -2.60. The average Bonchev–Trinajstić information content (AvgIpc) is 3.60. The number of nitrogens with one attached hydrogen (secondary N) is 2. The molecule has 2 bridgehead atoms. The number of hydrogen-bond acceptors (Lipinski definition) is 6. The highest BCUT2D eigenvalue weighted by Gasteiger charge is 2.47. The van der Waals surface area contributed by atoms with Crippen molar-refractivity contribution in [3.05, 3.63) is 72.6 Å². The molecule has 3 aliphatic carbocycles. The first-order chi connectivity index (χ1) is 20.5. The Labute approximate surface area is 237 Å². The summed E-state index contributed by atoms with van der Waals surface area (Å²) >= 11 is 0. The molecular formula is C32H25F2N5O3. The number of rotatable bonds is 5. The van der Waals surface area contributed by atoms with Gasteiger partial charge in [-0.05, 0) is 55.7 Å². The molecule has 3 N–H and O–H groups in total. The zero-order valence-corrected chi connectivity index (χ0v) is 22.3. The van der Waals surface area contributed by atoms with Gasteiger partial charge in [-0.25, -0.2) is 23.7 Å². The number of H-pyrrole nitrogens is 1. The smallest absolute Gasteiger partial charge is 0.308 e. The molecule has 6 aromatic rings. The molecule has 8 nitrogen and oxygen atoms in total. The largest absolute Gasteiger partial charge is 0.481 e. The highest BCUT2D eigenvalue weighted by Crippen LogP contribution is 2.47. The first-order valence-corrected chi connectivity index (χ1v) is 14.1. The quantitative estimate of drug-likeness (QED) is 0.203. The minimum Gasteiger partial charge on any atom is -0.481 e. The Hall–Kier alpha value is -4.86. The standard InChI is InChI=1S/C32H25F2N5O3/c33-17-12-21-22(14-36-29(21)35-13-17)30-38-27(20-6-3-5-19-18-4-1-2-7-23(18)42-28(19)20)25(34)31(39-30)37-26-16-10-8-15(9-11-16)24(26)32(40)41/h1-7,12-16,24,26H,8-11H2,(H,35,36)(H,40,41)(H,37,38,39). The third-order valence-corrected chi connectivity index (χ3v) is 9.06. The predicted octanol–water partition coefficient (Wildman–Crippen LogP) is 7.17. The Kier molecular flexibility index (Phi) is 5.53. The molecule has 0 radical (unpaired) electrons. The fourth-order valence-electron chi connectivity index (χ4n) is 7.11. The van der Waals surface area contributed by atoms with Crippen LogP contribution in [0.4, 0.5) is 14.6 Å². The van der Waals surface area contributed by atoms with E-state index in [1.54, 1.807) is 12.3 Å². The van der Waals surface area contributed by atoms with E-state index in [1.807, 2.05) is 36.4 Å². The monoisotopic (exact) mass is 565 g/mol. The number of nitrogens with zero attached hydrogens (tertiary/aromatic N) is 3. The molecule has 210 valence electrons. The number of benzene rings is 2. The Morgan fingerprint density at radius 2 is 1.74 bits per heavy atom. The van der Waals surface area contributed by atoms with Crippen LogP contribution in [-0.2, 0) is 4.79 Å². The first-order valence-electron chi connectivity index (χ1n) is 14.1. The number of aliphatic carboxylic acids is 1. The van der Waals surface area contributed by atoms with Crippen LogP contribution in [0.5, 0.6) is 0 Å². The average molecular weight is 566 g/mol. The van der Waals surface area contributed by atoms with Crippen LogP contribution in [0.2, 0.25) is 0 Å². The van der Waals surface area contributed by atoms with Crippen LogP contribution in [0.1, 0.15) is 25.7 Å². The molecule has 0 aliphatic heterocycles. The van der Waals surface area contributed by atoms with Gasteiger partial charge in [-0.15, -0.1) is 0 Å². The number of aromatic amines is 1. The number of pyridine rings is 1. The van der Waals surface area contributed by atoms with E-state index in [-0.39, 0.29) is 29.2 Å². The lowest BCUT2D eigenvalue weighted by molar-refractivity contribution is -0.148. The van der Waals surface area contributed by atoms with Crippen LogP contribution < -0.4 is 5.32 Å². The third kappa shape index (κ3) is 3.78. The maximum atomic E-state index is 16.6. The van der Waals surface area contributed by atoms with Crippen molar-refractivity contribution >= 4 is 44.8 Å². The Bertz CT molecular complexity index is 2030. The van der Waals surface area contributed by atoms with Crippen molar-refractivity contribution in [2.75, 3.05) is 5.32 Å². The Balaban J connectivity index is 1.35. The maximum Gasteiger partial charge on any atom is 0.308 e. The van der Waals surface area contributed by atoms with E-state index in [9.17, 15) is 14.3 Å². The highest BCUT2D eigenvalue weighted by atomic mass is 19.1. The van der Waals surface area contributed by atoms with Crippen molar-refractivity contribution < 1.29 is 23.1 Å². The van der Waals surface area contributed by atoms with Gasteiger partial charge in [-0.3, -0.25) is 4.79 Å². The maximum absolute atomic E-state index is 16.6. The second kappa shape index (κ2) is 9.34. The molecule has 2 aromatic carbocycles. The van der Waals surface area contributed by atoms with E-state index in [0.29, 0.717) is 33.3 Å². The summed E-state index contributed by atoms with van der Waals surface area (Å²) in [6, 6.07) is 13.9. The number of carboxylic acids is 1. The highest BCUT2D eigenvalue weighted by molar-refractivity contribution is 6.09. The van der Waals surface area contributed by atoms with Gasteiger partial charge in [0.05, 0.1) is 12.1 Å². The predicted molar refractivity (Wildman–Crippen MR) is 154 cm³/mol. The molecule has 0 amide bonds.